The number of hydrogen-bond donors (Lipinski definition) is 0. The first-order chi connectivity index (χ1) is 15.8. The minimum atomic E-state index is -4.52. The summed E-state index contributed by atoms with van der Waals surface area (Å²) < 4.78 is 52.8. The fraction of sp³-hybridized carbons (Fsp3) is 0.417. The number of likely N-dealkylation sites (tertiary alicyclic amines) is 1. The van der Waals surface area contributed by atoms with Crippen LogP contribution in [0, 0.1) is 5.92 Å². The molecule has 0 radical (unpaired) electrons. The molecule has 1 amide bonds. The summed E-state index contributed by atoms with van der Waals surface area (Å²) >= 11 is 0. The van der Waals surface area contributed by atoms with E-state index >= 15 is 0 Å². The summed E-state index contributed by atoms with van der Waals surface area (Å²) in [7, 11) is 0. The summed E-state index contributed by atoms with van der Waals surface area (Å²) in [6, 6.07) is 13.7. The summed E-state index contributed by atoms with van der Waals surface area (Å²) in [5.74, 6) is 0.336. The zero-order chi connectivity index (χ0) is 23.4. The molecule has 0 atom stereocenters. The second kappa shape index (κ2) is 9.72. The van der Waals surface area contributed by atoms with E-state index in [1.807, 2.05) is 6.92 Å². The van der Waals surface area contributed by atoms with Crippen LogP contribution in [0.15, 0.2) is 48.5 Å². The minimum Gasteiger partial charge on any atom is -0.494 e. The van der Waals surface area contributed by atoms with E-state index in [1.165, 1.54) is 4.57 Å². The molecule has 1 saturated heterocycles. The molecule has 3 aromatic rings. The molecule has 9 heteroatoms. The molecule has 2 aromatic carbocycles. The lowest BCUT2D eigenvalue weighted by atomic mass is 9.96. The van der Waals surface area contributed by atoms with E-state index in [9.17, 15) is 18.0 Å². The Morgan fingerprint density at radius 2 is 1.67 bits per heavy atom. The molecule has 0 N–H and O–H groups in total. The van der Waals surface area contributed by atoms with Crippen molar-refractivity contribution in [3.8, 4) is 11.5 Å². The quantitative estimate of drug-likeness (QED) is 0.509. The lowest BCUT2D eigenvalue weighted by molar-refractivity contribution is -0.147. The van der Waals surface area contributed by atoms with Gasteiger partial charge in [0.1, 0.15) is 11.5 Å². The van der Waals surface area contributed by atoms with Gasteiger partial charge in [-0.1, -0.05) is 12.1 Å². The van der Waals surface area contributed by atoms with Crippen LogP contribution in [-0.2, 0) is 17.5 Å². The number of alkyl halides is 3. The molecule has 1 aliphatic heterocycles. The highest BCUT2D eigenvalue weighted by Crippen LogP contribution is 2.33. The number of ether oxygens (including phenoxy) is 2. The molecule has 6 nitrogen and oxygen atoms in total. The highest BCUT2D eigenvalue weighted by Gasteiger charge is 2.38. The molecular weight excluding hydrogens is 435 g/mol. The highest BCUT2D eigenvalue weighted by molar-refractivity contribution is 5.78. The van der Waals surface area contributed by atoms with Gasteiger partial charge in [-0.3, -0.25) is 4.79 Å². The molecule has 0 aliphatic carbocycles. The van der Waals surface area contributed by atoms with E-state index in [0.29, 0.717) is 49.3 Å². The van der Waals surface area contributed by atoms with Crippen LogP contribution in [0.1, 0.15) is 25.6 Å². The van der Waals surface area contributed by atoms with Crippen LogP contribution in [0.5, 0.6) is 11.5 Å². The van der Waals surface area contributed by atoms with E-state index in [0.717, 1.165) is 5.75 Å². The summed E-state index contributed by atoms with van der Waals surface area (Å²) in [5.41, 5.74) is 0.816. The Hall–Kier alpha value is -3.23. The van der Waals surface area contributed by atoms with Gasteiger partial charge >= 0.3 is 6.18 Å². The Morgan fingerprint density at radius 1 is 1.03 bits per heavy atom. The predicted molar refractivity (Wildman–Crippen MR) is 117 cm³/mol. The van der Waals surface area contributed by atoms with E-state index in [1.54, 1.807) is 53.4 Å². The van der Waals surface area contributed by atoms with Crippen molar-refractivity contribution < 1.29 is 27.4 Å². The van der Waals surface area contributed by atoms with Gasteiger partial charge in [-0.15, -0.1) is 0 Å². The van der Waals surface area contributed by atoms with Gasteiger partial charge in [0.2, 0.25) is 5.82 Å². The van der Waals surface area contributed by atoms with E-state index in [4.69, 9.17) is 9.47 Å². The molecular formula is C24H26F3N3O3. The van der Waals surface area contributed by atoms with Gasteiger partial charge in [-0.2, -0.15) is 13.2 Å². The standard InChI is InChI=1S/C24H26F3N3O3/c1-2-32-18-7-9-19(10-8-18)33-16-22(31)29-13-11-17(12-14-29)15-30-21-6-4-3-5-20(21)28-23(30)24(25,26)27/h3-10,17H,2,11-16H2,1H3. The normalized spacial score (nSPS) is 15.1. The molecule has 2 heterocycles. The van der Waals surface area contributed by atoms with Crippen molar-refractivity contribution in [1.82, 2.24) is 14.5 Å². The fourth-order valence-corrected chi connectivity index (χ4v) is 4.13. The van der Waals surface area contributed by atoms with Crippen LogP contribution in [0.2, 0.25) is 0 Å². The van der Waals surface area contributed by atoms with Crippen molar-refractivity contribution >= 4 is 16.9 Å². The maximum atomic E-state index is 13.5. The van der Waals surface area contributed by atoms with Crippen molar-refractivity contribution in [3.05, 3.63) is 54.4 Å². The third-order valence-corrected chi connectivity index (χ3v) is 5.81. The number of para-hydroxylation sites is 2. The highest BCUT2D eigenvalue weighted by atomic mass is 19.4. The van der Waals surface area contributed by atoms with Crippen molar-refractivity contribution in [2.24, 2.45) is 5.92 Å². The largest absolute Gasteiger partial charge is 0.494 e. The number of rotatable bonds is 7. The van der Waals surface area contributed by atoms with Crippen LogP contribution in [0.25, 0.3) is 11.0 Å². The summed E-state index contributed by atoms with van der Waals surface area (Å²) in [4.78, 5) is 18.1. The summed E-state index contributed by atoms with van der Waals surface area (Å²) in [6.07, 6.45) is -3.27. The van der Waals surface area contributed by atoms with Crippen LogP contribution < -0.4 is 9.47 Å². The van der Waals surface area contributed by atoms with Crippen molar-refractivity contribution in [3.63, 3.8) is 0 Å². The Kier molecular flexibility index (Phi) is 6.76. The number of imidazole rings is 1. The molecule has 4 rings (SSSR count). The summed E-state index contributed by atoms with van der Waals surface area (Å²) in [6.45, 7) is 3.60. The molecule has 0 bridgehead atoms. The Morgan fingerprint density at radius 3 is 2.30 bits per heavy atom. The second-order valence-corrected chi connectivity index (χ2v) is 8.05. The first kappa shape index (κ1) is 22.9. The van der Waals surface area contributed by atoms with Crippen molar-refractivity contribution in [2.75, 3.05) is 26.3 Å². The van der Waals surface area contributed by atoms with Gasteiger partial charge in [0.25, 0.3) is 5.91 Å². The molecule has 1 aliphatic rings. The van der Waals surface area contributed by atoms with Crippen LogP contribution in [0.4, 0.5) is 13.2 Å². The lowest BCUT2D eigenvalue weighted by Crippen LogP contribution is -2.41. The first-order valence-corrected chi connectivity index (χ1v) is 11.0. The lowest BCUT2D eigenvalue weighted by Gasteiger charge is -2.32. The number of nitrogens with zero attached hydrogens (tertiary/aromatic N) is 3. The molecule has 1 fully saturated rings. The van der Waals surface area contributed by atoms with Crippen LogP contribution >= 0.6 is 0 Å². The molecule has 0 saturated carbocycles. The molecule has 0 spiro atoms. The maximum Gasteiger partial charge on any atom is 0.449 e. The zero-order valence-electron chi connectivity index (χ0n) is 18.3. The minimum absolute atomic E-state index is 0.0276. The van der Waals surface area contributed by atoms with Crippen LogP contribution in [-0.4, -0.2) is 46.7 Å². The van der Waals surface area contributed by atoms with Gasteiger partial charge in [-0.25, -0.2) is 4.98 Å². The Balaban J connectivity index is 1.32. The SMILES string of the molecule is CCOc1ccc(OCC(=O)N2CCC(Cn3c(C(F)(F)F)nc4ccccc43)CC2)cc1. The molecule has 33 heavy (non-hydrogen) atoms. The predicted octanol–water partition coefficient (Wildman–Crippen LogP) is 4.77. The second-order valence-electron chi connectivity index (χ2n) is 8.05. The zero-order valence-corrected chi connectivity index (χ0v) is 18.3. The number of carbonyl (C=O) groups is 1. The molecule has 1 aromatic heterocycles. The van der Waals surface area contributed by atoms with Gasteiger partial charge in [-0.05, 0) is 62.1 Å². The number of fused-ring (bicyclic) bond motifs is 1. The first-order valence-electron chi connectivity index (χ1n) is 11.0. The van der Waals surface area contributed by atoms with Crippen LogP contribution in [0.3, 0.4) is 0 Å². The van der Waals surface area contributed by atoms with E-state index < -0.39 is 12.0 Å². The molecule has 0 unspecified atom stereocenters. The number of aromatic nitrogens is 2. The van der Waals surface area contributed by atoms with Crippen molar-refractivity contribution in [1.29, 1.82) is 0 Å². The van der Waals surface area contributed by atoms with Gasteiger partial charge in [0.05, 0.1) is 17.6 Å². The number of carbonyl (C=O) groups excluding carboxylic acids is 1. The third-order valence-electron chi connectivity index (χ3n) is 5.81. The smallest absolute Gasteiger partial charge is 0.449 e. The fourth-order valence-electron chi connectivity index (χ4n) is 4.13. The third kappa shape index (κ3) is 5.40. The summed E-state index contributed by atoms with van der Waals surface area (Å²) in [5, 5.41) is 0. The number of amides is 1. The number of benzene rings is 2. The average Bonchev–Trinajstić information content (AvgIpc) is 3.18. The van der Waals surface area contributed by atoms with E-state index in [-0.39, 0.29) is 25.0 Å². The topological polar surface area (TPSA) is 56.6 Å². The van der Waals surface area contributed by atoms with Gasteiger partial charge in [0, 0.05) is 19.6 Å². The van der Waals surface area contributed by atoms with Crippen molar-refractivity contribution in [2.45, 2.75) is 32.5 Å². The number of halogens is 3. The average molecular weight is 461 g/mol. The Labute approximate surface area is 189 Å². The number of hydrogen-bond acceptors (Lipinski definition) is 4. The monoisotopic (exact) mass is 461 g/mol. The molecule has 176 valence electrons. The van der Waals surface area contributed by atoms with Gasteiger partial charge in [0.15, 0.2) is 6.61 Å². The Bertz CT molecular complexity index is 1090. The number of piperidine rings is 1. The maximum absolute atomic E-state index is 13.5. The van der Waals surface area contributed by atoms with Gasteiger partial charge < -0.3 is 18.9 Å². The van der Waals surface area contributed by atoms with E-state index in [2.05, 4.69) is 4.98 Å².